The molecule has 0 aliphatic carbocycles. The van der Waals surface area contributed by atoms with E-state index in [0.717, 1.165) is 10.7 Å². The van der Waals surface area contributed by atoms with E-state index in [0.29, 0.717) is 4.34 Å². The minimum Gasteiger partial charge on any atom is -0.245 e. The first-order chi connectivity index (χ1) is 5.86. The summed E-state index contributed by atoms with van der Waals surface area (Å²) in [6, 6.07) is 1.79. The maximum Gasteiger partial charge on any atom is 0.171 e. The largest absolute Gasteiger partial charge is 0.245 e. The van der Waals surface area contributed by atoms with E-state index in [1.807, 2.05) is 0 Å². The highest BCUT2D eigenvalue weighted by molar-refractivity contribution is 7.82. The molecule has 0 saturated heterocycles. The maximum atomic E-state index is 4.06. The zero-order chi connectivity index (χ0) is 8.39. The molecule has 2 aromatic heterocycles. The molecule has 2 rings (SSSR count). The maximum absolute atomic E-state index is 4.06. The Morgan fingerprint density at radius 1 is 1.33 bits per heavy atom. The fourth-order valence-electron chi connectivity index (χ4n) is 0.736. The third-order valence-electron chi connectivity index (χ3n) is 1.22. The van der Waals surface area contributed by atoms with Gasteiger partial charge in [0.15, 0.2) is 9.35 Å². The molecule has 12 heavy (non-hydrogen) atoms. The molecular formula is C6H4N4S2. The van der Waals surface area contributed by atoms with Crippen LogP contribution in [0.15, 0.2) is 22.9 Å². The predicted molar refractivity (Wildman–Crippen MR) is 48.2 cm³/mol. The van der Waals surface area contributed by atoms with Crippen molar-refractivity contribution in [3.8, 4) is 10.7 Å². The van der Waals surface area contributed by atoms with E-state index in [-0.39, 0.29) is 0 Å². The van der Waals surface area contributed by atoms with Gasteiger partial charge in [-0.3, -0.25) is 0 Å². The van der Waals surface area contributed by atoms with Gasteiger partial charge in [0.05, 0.1) is 0 Å². The predicted octanol–water partition coefficient (Wildman–Crippen LogP) is 1.28. The Morgan fingerprint density at radius 3 is 2.83 bits per heavy atom. The highest BCUT2D eigenvalue weighted by Gasteiger charge is 2.03. The molecule has 0 atom stereocenters. The molecule has 0 saturated carbocycles. The monoisotopic (exact) mass is 196 g/mol. The van der Waals surface area contributed by atoms with Crippen molar-refractivity contribution < 1.29 is 0 Å². The Hall–Kier alpha value is -1.01. The van der Waals surface area contributed by atoms with Crippen molar-refractivity contribution >= 4 is 24.0 Å². The van der Waals surface area contributed by atoms with Crippen LogP contribution in [0, 0.1) is 0 Å². The normalized spacial score (nSPS) is 10.1. The quantitative estimate of drug-likeness (QED) is 0.698. The lowest BCUT2D eigenvalue weighted by Gasteiger charge is -1.89. The van der Waals surface area contributed by atoms with Crippen LogP contribution in [0.2, 0.25) is 0 Å². The molecule has 0 spiro atoms. The minimum absolute atomic E-state index is 0.642. The lowest BCUT2D eigenvalue weighted by atomic mass is 10.4. The molecular weight excluding hydrogens is 192 g/mol. The number of aromatic nitrogens is 4. The van der Waals surface area contributed by atoms with Gasteiger partial charge in [0.25, 0.3) is 0 Å². The van der Waals surface area contributed by atoms with Gasteiger partial charge in [-0.15, -0.1) is 22.8 Å². The summed E-state index contributed by atoms with van der Waals surface area (Å²) in [6.45, 7) is 0. The topological polar surface area (TPSA) is 51.6 Å². The van der Waals surface area contributed by atoms with E-state index in [4.69, 9.17) is 0 Å². The van der Waals surface area contributed by atoms with Gasteiger partial charge in [-0.25, -0.2) is 9.97 Å². The molecule has 2 aromatic rings. The summed E-state index contributed by atoms with van der Waals surface area (Å²) < 4.78 is 0.642. The molecule has 2 heterocycles. The van der Waals surface area contributed by atoms with Crippen LogP contribution in [0.1, 0.15) is 0 Å². The molecule has 0 aliphatic heterocycles. The van der Waals surface area contributed by atoms with Crippen molar-refractivity contribution in [2.45, 2.75) is 4.34 Å². The van der Waals surface area contributed by atoms with Crippen LogP contribution in [0.3, 0.4) is 0 Å². The van der Waals surface area contributed by atoms with Gasteiger partial charge in [0, 0.05) is 6.20 Å². The Labute approximate surface area is 78.1 Å². The SMILES string of the molecule is Sc1nnc(-c2ccncn2)s1. The van der Waals surface area contributed by atoms with Gasteiger partial charge in [-0.2, -0.15) is 0 Å². The van der Waals surface area contributed by atoms with Crippen LogP contribution >= 0.6 is 24.0 Å². The second-order valence-corrected chi connectivity index (χ2v) is 3.69. The minimum atomic E-state index is 0.642. The van der Waals surface area contributed by atoms with Gasteiger partial charge in [-0.05, 0) is 6.07 Å². The number of hydrogen-bond donors (Lipinski definition) is 1. The fourth-order valence-corrected chi connectivity index (χ4v) is 1.60. The Bertz CT molecular complexity index is 372. The lowest BCUT2D eigenvalue weighted by Crippen LogP contribution is -1.82. The Balaban J connectivity index is 2.45. The highest BCUT2D eigenvalue weighted by Crippen LogP contribution is 2.22. The first-order valence-electron chi connectivity index (χ1n) is 3.15. The van der Waals surface area contributed by atoms with E-state index < -0.39 is 0 Å². The summed E-state index contributed by atoms with van der Waals surface area (Å²) in [5.74, 6) is 0. The number of hydrogen-bond acceptors (Lipinski definition) is 6. The number of thiol groups is 1. The number of nitrogens with zero attached hydrogens (tertiary/aromatic N) is 4. The van der Waals surface area contributed by atoms with E-state index in [1.165, 1.54) is 17.7 Å². The molecule has 0 aromatic carbocycles. The van der Waals surface area contributed by atoms with E-state index in [9.17, 15) is 0 Å². The van der Waals surface area contributed by atoms with Crippen molar-refractivity contribution in [2.75, 3.05) is 0 Å². The third-order valence-corrected chi connectivity index (χ3v) is 2.33. The molecule has 0 radical (unpaired) electrons. The van der Waals surface area contributed by atoms with Crippen molar-refractivity contribution in [1.82, 2.24) is 20.2 Å². The van der Waals surface area contributed by atoms with Crippen molar-refractivity contribution in [3.63, 3.8) is 0 Å². The van der Waals surface area contributed by atoms with E-state index in [2.05, 4.69) is 32.8 Å². The summed E-state index contributed by atoms with van der Waals surface area (Å²) in [6.07, 6.45) is 3.15. The molecule has 0 N–H and O–H groups in total. The van der Waals surface area contributed by atoms with Crippen LogP contribution in [-0.2, 0) is 0 Å². The van der Waals surface area contributed by atoms with Gasteiger partial charge in [0.2, 0.25) is 0 Å². The Morgan fingerprint density at radius 2 is 2.25 bits per heavy atom. The average Bonchev–Trinajstić information content (AvgIpc) is 2.54. The third kappa shape index (κ3) is 1.44. The van der Waals surface area contributed by atoms with Gasteiger partial charge in [-0.1, -0.05) is 11.3 Å². The summed E-state index contributed by atoms with van der Waals surface area (Å²) >= 11 is 5.45. The summed E-state index contributed by atoms with van der Waals surface area (Å²) in [4.78, 5) is 7.83. The fraction of sp³-hybridized carbons (Fsp3) is 0. The van der Waals surface area contributed by atoms with E-state index in [1.54, 1.807) is 12.3 Å². The molecule has 4 nitrogen and oxygen atoms in total. The second-order valence-electron chi connectivity index (χ2n) is 1.98. The zero-order valence-electron chi connectivity index (χ0n) is 5.88. The first kappa shape index (κ1) is 7.63. The summed E-state index contributed by atoms with van der Waals surface area (Å²) in [5.41, 5.74) is 0.780. The van der Waals surface area contributed by atoms with Gasteiger partial charge >= 0.3 is 0 Å². The molecule has 6 heteroatoms. The highest BCUT2D eigenvalue weighted by atomic mass is 32.2. The average molecular weight is 196 g/mol. The molecule has 0 bridgehead atoms. The van der Waals surface area contributed by atoms with Crippen LogP contribution in [0.25, 0.3) is 10.7 Å². The summed E-state index contributed by atoms with van der Waals surface area (Å²) in [5, 5.41) is 8.42. The van der Waals surface area contributed by atoms with Crippen LogP contribution in [-0.4, -0.2) is 20.2 Å². The van der Waals surface area contributed by atoms with Crippen LogP contribution < -0.4 is 0 Å². The molecule has 0 fully saturated rings. The van der Waals surface area contributed by atoms with Crippen molar-refractivity contribution in [2.24, 2.45) is 0 Å². The smallest absolute Gasteiger partial charge is 0.171 e. The molecule has 60 valence electrons. The lowest BCUT2D eigenvalue weighted by molar-refractivity contribution is 1.01. The zero-order valence-corrected chi connectivity index (χ0v) is 7.59. The molecule has 0 aliphatic rings. The standard InChI is InChI=1S/C6H4N4S2/c11-6-10-9-5(12-6)4-1-2-7-3-8-4/h1-3H,(H,10,11). The van der Waals surface area contributed by atoms with Gasteiger partial charge < -0.3 is 0 Å². The Kier molecular flexibility index (Phi) is 2.01. The second kappa shape index (κ2) is 3.16. The van der Waals surface area contributed by atoms with E-state index >= 15 is 0 Å². The first-order valence-corrected chi connectivity index (χ1v) is 4.41. The van der Waals surface area contributed by atoms with Crippen LogP contribution in [0.4, 0.5) is 0 Å². The van der Waals surface area contributed by atoms with Crippen molar-refractivity contribution in [3.05, 3.63) is 18.6 Å². The molecule has 0 amide bonds. The van der Waals surface area contributed by atoms with Gasteiger partial charge in [0.1, 0.15) is 12.0 Å². The van der Waals surface area contributed by atoms with Crippen molar-refractivity contribution in [1.29, 1.82) is 0 Å². The molecule has 0 unspecified atom stereocenters. The summed E-state index contributed by atoms with van der Waals surface area (Å²) in [7, 11) is 0. The van der Waals surface area contributed by atoms with Crippen LogP contribution in [0.5, 0.6) is 0 Å². The number of rotatable bonds is 1.